The van der Waals surface area contributed by atoms with Crippen LogP contribution in [0, 0.1) is 6.92 Å². The number of rotatable bonds is 3. The van der Waals surface area contributed by atoms with E-state index in [4.69, 9.17) is 11.6 Å². The molecule has 2 aromatic heterocycles. The van der Waals surface area contributed by atoms with Crippen LogP contribution < -0.4 is 4.72 Å². The molecule has 9 heteroatoms. The maximum atomic E-state index is 12.1. The van der Waals surface area contributed by atoms with Crippen LogP contribution in [0.5, 0.6) is 0 Å². The first-order valence-corrected chi connectivity index (χ1v) is 8.22. The molecular formula is C11H9ClN4O2S2. The van der Waals surface area contributed by atoms with E-state index in [2.05, 4.69) is 19.7 Å². The number of hydrogen-bond acceptors (Lipinski definition) is 5. The number of nitrogens with one attached hydrogen (secondary N) is 2. The van der Waals surface area contributed by atoms with Gasteiger partial charge in [-0.25, -0.2) is 9.97 Å². The lowest BCUT2D eigenvalue weighted by Gasteiger charge is -2.01. The van der Waals surface area contributed by atoms with E-state index in [0.29, 0.717) is 16.4 Å². The van der Waals surface area contributed by atoms with E-state index in [0.717, 1.165) is 4.70 Å². The molecule has 0 saturated carbocycles. The number of benzene rings is 1. The number of imidazole rings is 1. The maximum absolute atomic E-state index is 12.1. The number of thiazole rings is 1. The normalized spacial score (nSPS) is 11.9. The number of aromatic amines is 1. The molecule has 104 valence electrons. The zero-order valence-corrected chi connectivity index (χ0v) is 12.6. The Kier molecular flexibility index (Phi) is 3.15. The molecule has 0 fully saturated rings. The molecule has 0 spiro atoms. The number of H-pyrrole nitrogens is 1. The van der Waals surface area contributed by atoms with Crippen LogP contribution in [0.4, 0.5) is 5.13 Å². The van der Waals surface area contributed by atoms with E-state index in [1.54, 1.807) is 25.1 Å². The van der Waals surface area contributed by atoms with Crippen molar-refractivity contribution < 1.29 is 8.42 Å². The summed E-state index contributed by atoms with van der Waals surface area (Å²) in [5.41, 5.74) is 0.692. The van der Waals surface area contributed by atoms with E-state index in [1.165, 1.54) is 17.5 Å². The van der Waals surface area contributed by atoms with E-state index in [9.17, 15) is 8.42 Å². The highest BCUT2D eigenvalue weighted by Crippen LogP contribution is 2.29. The van der Waals surface area contributed by atoms with E-state index >= 15 is 0 Å². The number of fused-ring (bicyclic) bond motifs is 1. The first kappa shape index (κ1) is 13.3. The van der Waals surface area contributed by atoms with Crippen LogP contribution in [0.15, 0.2) is 29.4 Å². The Morgan fingerprint density at radius 3 is 2.90 bits per heavy atom. The molecule has 2 heterocycles. The van der Waals surface area contributed by atoms with Crippen LogP contribution in [-0.4, -0.2) is 23.4 Å². The second kappa shape index (κ2) is 4.72. The average Bonchev–Trinajstić information content (AvgIpc) is 2.94. The zero-order valence-electron chi connectivity index (χ0n) is 10.2. The van der Waals surface area contributed by atoms with Crippen LogP contribution in [0.25, 0.3) is 10.2 Å². The number of halogens is 1. The van der Waals surface area contributed by atoms with Gasteiger partial charge in [0.2, 0.25) is 0 Å². The quantitative estimate of drug-likeness (QED) is 0.773. The zero-order chi connectivity index (χ0) is 14.3. The Balaban J connectivity index is 1.96. The third-order valence-electron chi connectivity index (χ3n) is 2.54. The molecular weight excluding hydrogens is 320 g/mol. The van der Waals surface area contributed by atoms with Crippen molar-refractivity contribution in [3.05, 3.63) is 35.2 Å². The van der Waals surface area contributed by atoms with Crippen LogP contribution in [-0.2, 0) is 10.0 Å². The number of sulfonamides is 1. The molecule has 0 radical (unpaired) electrons. The molecule has 0 atom stereocenters. The van der Waals surface area contributed by atoms with Gasteiger partial charge in [0.25, 0.3) is 10.0 Å². The number of anilines is 1. The topological polar surface area (TPSA) is 87.7 Å². The van der Waals surface area contributed by atoms with E-state index < -0.39 is 10.0 Å². The number of aryl methyl sites for hydroxylation is 1. The van der Waals surface area contributed by atoms with Gasteiger partial charge in [0.1, 0.15) is 5.82 Å². The van der Waals surface area contributed by atoms with E-state index in [1.807, 2.05) is 0 Å². The van der Waals surface area contributed by atoms with Gasteiger partial charge in [-0.05, 0) is 25.1 Å². The minimum Gasteiger partial charge on any atom is -0.332 e. The second-order valence-electron chi connectivity index (χ2n) is 4.07. The monoisotopic (exact) mass is 328 g/mol. The third-order valence-corrected chi connectivity index (χ3v) is 5.09. The molecule has 3 aromatic rings. The van der Waals surface area contributed by atoms with Crippen LogP contribution >= 0.6 is 22.9 Å². The van der Waals surface area contributed by atoms with Gasteiger partial charge in [-0.1, -0.05) is 22.9 Å². The van der Waals surface area contributed by atoms with Crippen molar-refractivity contribution in [1.29, 1.82) is 0 Å². The summed E-state index contributed by atoms with van der Waals surface area (Å²) in [6.45, 7) is 1.68. The van der Waals surface area contributed by atoms with Gasteiger partial charge in [-0.2, -0.15) is 8.42 Å². The maximum Gasteiger partial charge on any atom is 0.280 e. The SMILES string of the molecule is Cc1ncc(S(=O)(=O)Nc2nc3ccc(Cl)cc3s2)[nH]1. The van der Waals surface area contributed by atoms with Gasteiger partial charge in [-0.15, -0.1) is 0 Å². The lowest BCUT2D eigenvalue weighted by Crippen LogP contribution is -2.13. The average molecular weight is 329 g/mol. The third kappa shape index (κ3) is 2.49. The fourth-order valence-corrected chi connectivity index (χ4v) is 3.99. The molecule has 2 N–H and O–H groups in total. The van der Waals surface area contributed by atoms with Crippen molar-refractivity contribution in [3.8, 4) is 0 Å². The number of nitrogens with zero attached hydrogens (tertiary/aromatic N) is 2. The lowest BCUT2D eigenvalue weighted by atomic mass is 10.3. The highest BCUT2D eigenvalue weighted by atomic mass is 35.5. The van der Waals surface area contributed by atoms with Crippen LogP contribution in [0.1, 0.15) is 5.82 Å². The number of hydrogen-bond donors (Lipinski definition) is 2. The fraction of sp³-hybridized carbons (Fsp3) is 0.0909. The van der Waals surface area contributed by atoms with Crippen molar-refractivity contribution in [1.82, 2.24) is 15.0 Å². The van der Waals surface area contributed by atoms with E-state index in [-0.39, 0.29) is 10.2 Å². The lowest BCUT2D eigenvalue weighted by molar-refractivity contribution is 0.598. The Hall–Kier alpha value is -1.64. The van der Waals surface area contributed by atoms with Gasteiger partial charge >= 0.3 is 0 Å². The summed E-state index contributed by atoms with van der Waals surface area (Å²) in [7, 11) is -3.70. The molecule has 0 unspecified atom stereocenters. The second-order valence-corrected chi connectivity index (χ2v) is 7.19. The summed E-state index contributed by atoms with van der Waals surface area (Å²) < 4.78 is 27.5. The molecule has 0 aliphatic heterocycles. The molecule has 20 heavy (non-hydrogen) atoms. The molecule has 0 saturated heterocycles. The van der Waals surface area contributed by atoms with Crippen molar-refractivity contribution in [3.63, 3.8) is 0 Å². The predicted octanol–water partition coefficient (Wildman–Crippen LogP) is 2.78. The smallest absolute Gasteiger partial charge is 0.280 e. The van der Waals surface area contributed by atoms with Gasteiger partial charge in [0.05, 0.1) is 16.4 Å². The number of aromatic nitrogens is 3. The summed E-state index contributed by atoms with van der Waals surface area (Å²) in [5, 5.41) is 0.876. The first-order chi connectivity index (χ1) is 9.44. The summed E-state index contributed by atoms with van der Waals surface area (Å²) >= 11 is 7.11. The molecule has 3 rings (SSSR count). The minimum absolute atomic E-state index is 0.00675. The van der Waals surface area contributed by atoms with Crippen LogP contribution in [0.3, 0.4) is 0 Å². The van der Waals surface area contributed by atoms with Gasteiger partial charge in [-0.3, -0.25) is 4.72 Å². The molecule has 0 aliphatic rings. The highest BCUT2D eigenvalue weighted by molar-refractivity contribution is 7.92. The summed E-state index contributed by atoms with van der Waals surface area (Å²) in [4.78, 5) is 10.7. The Labute approximate surface area is 123 Å². The Bertz CT molecular complexity index is 885. The largest absolute Gasteiger partial charge is 0.332 e. The Morgan fingerprint density at radius 1 is 1.40 bits per heavy atom. The predicted molar refractivity (Wildman–Crippen MR) is 78.8 cm³/mol. The highest BCUT2D eigenvalue weighted by Gasteiger charge is 2.18. The molecule has 0 amide bonds. The van der Waals surface area contributed by atoms with Crippen molar-refractivity contribution in [2.45, 2.75) is 11.9 Å². The minimum atomic E-state index is -3.70. The van der Waals surface area contributed by atoms with Crippen molar-refractivity contribution in [2.24, 2.45) is 0 Å². The first-order valence-electron chi connectivity index (χ1n) is 5.54. The van der Waals surface area contributed by atoms with Crippen molar-refractivity contribution in [2.75, 3.05) is 4.72 Å². The van der Waals surface area contributed by atoms with Gasteiger partial charge in [0.15, 0.2) is 10.2 Å². The standard InChI is InChI=1S/C11H9ClN4O2S2/c1-6-13-5-10(14-6)20(17,18)16-11-15-8-3-2-7(12)4-9(8)19-11/h2-5H,1H3,(H,13,14)(H,15,16). The van der Waals surface area contributed by atoms with Gasteiger partial charge < -0.3 is 4.98 Å². The summed E-state index contributed by atoms with van der Waals surface area (Å²) in [6, 6.07) is 5.19. The van der Waals surface area contributed by atoms with Gasteiger partial charge in [0, 0.05) is 5.02 Å². The van der Waals surface area contributed by atoms with Crippen LogP contribution in [0.2, 0.25) is 5.02 Å². The molecule has 6 nitrogen and oxygen atoms in total. The molecule has 0 aliphatic carbocycles. The fourth-order valence-electron chi connectivity index (χ4n) is 1.65. The summed E-state index contributed by atoms with van der Waals surface area (Å²) in [6.07, 6.45) is 1.27. The molecule has 1 aromatic carbocycles. The molecule has 0 bridgehead atoms. The Morgan fingerprint density at radius 2 is 2.20 bits per heavy atom. The summed E-state index contributed by atoms with van der Waals surface area (Å²) in [5.74, 6) is 0.529. The van der Waals surface area contributed by atoms with Crippen molar-refractivity contribution >= 4 is 48.3 Å².